The number of hydrogen-bond acceptors (Lipinski definition) is 4. The van der Waals surface area contributed by atoms with Gasteiger partial charge in [-0.1, -0.05) is 12.1 Å². The van der Waals surface area contributed by atoms with Gasteiger partial charge in [-0.3, -0.25) is 14.7 Å². The molecule has 0 aliphatic carbocycles. The third-order valence-electron chi connectivity index (χ3n) is 4.81. The van der Waals surface area contributed by atoms with Crippen LogP contribution < -0.4 is 10.6 Å². The van der Waals surface area contributed by atoms with E-state index in [1.54, 1.807) is 19.0 Å². The van der Waals surface area contributed by atoms with Crippen molar-refractivity contribution in [2.24, 2.45) is 4.99 Å². The van der Waals surface area contributed by atoms with Gasteiger partial charge in [-0.25, -0.2) is 0 Å². The molecule has 1 aliphatic heterocycles. The fraction of sp³-hybridized carbons (Fsp3) is 0.619. The van der Waals surface area contributed by atoms with Crippen molar-refractivity contribution in [3.63, 3.8) is 0 Å². The Morgan fingerprint density at radius 3 is 2.71 bits per heavy atom. The summed E-state index contributed by atoms with van der Waals surface area (Å²) < 4.78 is 5.42. The lowest BCUT2D eigenvalue weighted by molar-refractivity contribution is 0.0220. The molecule has 1 aliphatic rings. The van der Waals surface area contributed by atoms with E-state index in [0.717, 1.165) is 69.4 Å². The maximum absolute atomic E-state index is 12.1. The van der Waals surface area contributed by atoms with Gasteiger partial charge in [0.2, 0.25) is 0 Å². The van der Waals surface area contributed by atoms with Crippen LogP contribution >= 0.6 is 0 Å². The molecule has 2 N–H and O–H groups in total. The van der Waals surface area contributed by atoms with E-state index in [1.165, 1.54) is 0 Å². The third kappa shape index (κ3) is 7.13. The van der Waals surface area contributed by atoms with Crippen molar-refractivity contribution in [1.82, 2.24) is 20.4 Å². The molecule has 0 bridgehead atoms. The number of aliphatic imine (C=N–C) groups is 1. The maximum Gasteiger partial charge on any atom is 0.253 e. The van der Waals surface area contributed by atoms with Gasteiger partial charge < -0.3 is 20.3 Å². The van der Waals surface area contributed by atoms with E-state index in [1.807, 2.05) is 18.2 Å². The van der Waals surface area contributed by atoms with Crippen molar-refractivity contribution in [2.45, 2.75) is 26.3 Å². The van der Waals surface area contributed by atoms with E-state index < -0.39 is 0 Å². The summed E-state index contributed by atoms with van der Waals surface area (Å²) >= 11 is 0. The van der Waals surface area contributed by atoms with Gasteiger partial charge in [0, 0.05) is 51.9 Å². The summed E-state index contributed by atoms with van der Waals surface area (Å²) in [5.41, 5.74) is 1.86. The molecule has 7 nitrogen and oxygen atoms in total. The normalized spacial score (nSPS) is 16.5. The summed E-state index contributed by atoms with van der Waals surface area (Å²) in [6.45, 7) is 10.2. The van der Waals surface area contributed by atoms with Crippen LogP contribution in [0.2, 0.25) is 0 Å². The van der Waals surface area contributed by atoms with E-state index in [9.17, 15) is 4.79 Å². The Bertz CT molecular complexity index is 641. The highest BCUT2D eigenvalue weighted by Crippen LogP contribution is 2.08. The first-order valence-corrected chi connectivity index (χ1v) is 10.2. The number of nitrogens with one attached hydrogen (secondary N) is 2. The van der Waals surface area contributed by atoms with Crippen molar-refractivity contribution < 1.29 is 9.53 Å². The van der Waals surface area contributed by atoms with Crippen LogP contribution in [0.1, 0.15) is 29.8 Å². The molecule has 0 radical (unpaired) electrons. The van der Waals surface area contributed by atoms with Crippen LogP contribution in [0.4, 0.5) is 0 Å². The number of ether oxygens (including phenoxy) is 1. The van der Waals surface area contributed by atoms with Crippen LogP contribution in [0, 0.1) is 0 Å². The highest BCUT2D eigenvalue weighted by Gasteiger charge is 2.16. The standard InChI is InChI=1S/C21H35N5O2/c1-5-22-21(24-16-17(2)26-11-13-28-14-12-26)23-10-9-18-7-6-8-19(15-18)20(27)25(3)4/h6-8,15,17H,5,9-14,16H2,1-4H3,(H2,22,23,24). The summed E-state index contributed by atoms with van der Waals surface area (Å²) in [6, 6.07) is 8.22. The highest BCUT2D eigenvalue weighted by molar-refractivity contribution is 5.94. The lowest BCUT2D eigenvalue weighted by Gasteiger charge is -2.31. The van der Waals surface area contributed by atoms with Crippen molar-refractivity contribution in [3.05, 3.63) is 35.4 Å². The second kappa shape index (κ2) is 11.7. The summed E-state index contributed by atoms with van der Waals surface area (Å²) in [5, 5.41) is 6.71. The molecule has 1 amide bonds. The van der Waals surface area contributed by atoms with Crippen molar-refractivity contribution in [3.8, 4) is 0 Å². The highest BCUT2D eigenvalue weighted by atomic mass is 16.5. The number of carbonyl (C=O) groups excluding carboxylic acids is 1. The van der Waals surface area contributed by atoms with E-state index in [0.29, 0.717) is 6.04 Å². The van der Waals surface area contributed by atoms with Crippen molar-refractivity contribution >= 4 is 11.9 Å². The van der Waals surface area contributed by atoms with Gasteiger partial charge in [-0.05, 0) is 38.0 Å². The van der Waals surface area contributed by atoms with Crippen LogP contribution in [0.3, 0.4) is 0 Å². The lowest BCUT2D eigenvalue weighted by atomic mass is 10.1. The average molecular weight is 390 g/mol. The topological polar surface area (TPSA) is 69.2 Å². The average Bonchev–Trinajstić information content (AvgIpc) is 2.72. The number of guanidine groups is 1. The molecule has 156 valence electrons. The zero-order valence-corrected chi connectivity index (χ0v) is 17.7. The van der Waals surface area contributed by atoms with Crippen LogP contribution in [0.25, 0.3) is 0 Å². The molecule has 0 aromatic heterocycles. The first-order chi connectivity index (χ1) is 13.5. The predicted octanol–water partition coefficient (Wildman–Crippen LogP) is 1.21. The van der Waals surface area contributed by atoms with Gasteiger partial charge in [0.25, 0.3) is 5.91 Å². The molecule has 1 saturated heterocycles. The summed E-state index contributed by atoms with van der Waals surface area (Å²) in [4.78, 5) is 20.9. The predicted molar refractivity (Wildman–Crippen MR) is 114 cm³/mol. The number of nitrogens with zero attached hydrogens (tertiary/aromatic N) is 3. The second-order valence-electron chi connectivity index (χ2n) is 7.29. The van der Waals surface area contributed by atoms with Gasteiger partial charge in [-0.15, -0.1) is 0 Å². The Kier molecular flexibility index (Phi) is 9.23. The molecule has 1 atom stereocenters. The van der Waals surface area contributed by atoms with Crippen molar-refractivity contribution in [1.29, 1.82) is 0 Å². The molecule has 2 rings (SSSR count). The Morgan fingerprint density at radius 2 is 2.04 bits per heavy atom. The molecule has 0 saturated carbocycles. The number of rotatable bonds is 8. The zero-order chi connectivity index (χ0) is 20.4. The van der Waals surface area contributed by atoms with Crippen LogP contribution in [-0.4, -0.2) is 87.7 Å². The van der Waals surface area contributed by atoms with E-state index in [-0.39, 0.29) is 5.91 Å². The number of hydrogen-bond donors (Lipinski definition) is 2. The monoisotopic (exact) mass is 389 g/mol. The molecule has 28 heavy (non-hydrogen) atoms. The largest absolute Gasteiger partial charge is 0.379 e. The van der Waals surface area contributed by atoms with Gasteiger partial charge in [0.15, 0.2) is 5.96 Å². The Morgan fingerprint density at radius 1 is 1.29 bits per heavy atom. The second-order valence-corrected chi connectivity index (χ2v) is 7.29. The first-order valence-electron chi connectivity index (χ1n) is 10.2. The number of morpholine rings is 1. The lowest BCUT2D eigenvalue weighted by Crippen LogP contribution is -2.44. The van der Waals surface area contributed by atoms with Gasteiger partial charge in [-0.2, -0.15) is 0 Å². The van der Waals surface area contributed by atoms with E-state index >= 15 is 0 Å². The quantitative estimate of drug-likeness (QED) is 0.517. The molecule has 7 heteroatoms. The third-order valence-corrected chi connectivity index (χ3v) is 4.81. The summed E-state index contributed by atoms with van der Waals surface area (Å²) in [5.74, 6) is 0.866. The minimum atomic E-state index is 0.0295. The number of benzene rings is 1. The van der Waals surface area contributed by atoms with Crippen LogP contribution in [-0.2, 0) is 11.2 Å². The zero-order valence-electron chi connectivity index (χ0n) is 17.7. The van der Waals surface area contributed by atoms with E-state index in [4.69, 9.17) is 9.73 Å². The van der Waals surface area contributed by atoms with Crippen molar-refractivity contribution in [2.75, 3.05) is 60.0 Å². The van der Waals surface area contributed by atoms with Gasteiger partial charge >= 0.3 is 0 Å². The fourth-order valence-corrected chi connectivity index (χ4v) is 3.14. The number of carbonyl (C=O) groups is 1. The Balaban J connectivity index is 1.85. The number of amides is 1. The Hall–Kier alpha value is -2.12. The smallest absolute Gasteiger partial charge is 0.253 e. The molecule has 1 unspecified atom stereocenters. The maximum atomic E-state index is 12.1. The summed E-state index contributed by atoms with van der Waals surface area (Å²) in [7, 11) is 3.54. The van der Waals surface area contributed by atoms with Crippen LogP contribution in [0.15, 0.2) is 29.3 Å². The van der Waals surface area contributed by atoms with Gasteiger partial charge in [0.05, 0.1) is 19.8 Å². The SMILES string of the molecule is CCNC(=NCC(C)N1CCOCC1)NCCc1cccc(C(=O)N(C)C)c1. The van der Waals surface area contributed by atoms with Gasteiger partial charge in [0.1, 0.15) is 0 Å². The fourth-order valence-electron chi connectivity index (χ4n) is 3.14. The van der Waals surface area contributed by atoms with Crippen LogP contribution in [0.5, 0.6) is 0 Å². The molecule has 1 aromatic rings. The molecule has 1 fully saturated rings. The minimum absolute atomic E-state index is 0.0295. The molecule has 1 heterocycles. The minimum Gasteiger partial charge on any atom is -0.379 e. The molecule has 0 spiro atoms. The molecule has 1 aromatic carbocycles. The Labute approximate surface area is 169 Å². The molecular weight excluding hydrogens is 354 g/mol. The van der Waals surface area contributed by atoms with E-state index in [2.05, 4.69) is 35.4 Å². The summed E-state index contributed by atoms with van der Waals surface area (Å²) in [6.07, 6.45) is 0.831. The molecular formula is C21H35N5O2. The first kappa shape index (κ1) is 22.2.